The highest BCUT2D eigenvalue weighted by molar-refractivity contribution is 6.08. The number of phenolic OH excluding ortho intramolecular Hbond substituents is 1. The Kier molecular flexibility index (Phi) is 5.93. The Balaban J connectivity index is 1.62. The molecule has 5 rings (SSSR count). The molecule has 0 aromatic heterocycles. The third-order valence-electron chi connectivity index (χ3n) is 8.29. The number of benzene rings is 1. The Morgan fingerprint density at radius 1 is 0.886 bits per heavy atom. The van der Waals surface area contributed by atoms with E-state index >= 15 is 0 Å². The molecule has 6 atom stereocenters. The minimum atomic E-state index is -0.583. The number of carbonyl (C=O) groups excluding carboxylic acids is 4. The van der Waals surface area contributed by atoms with Crippen LogP contribution in [-0.2, 0) is 19.2 Å². The highest BCUT2D eigenvalue weighted by atomic mass is 16.5. The van der Waals surface area contributed by atoms with E-state index in [1.54, 1.807) is 12.1 Å². The highest BCUT2D eigenvalue weighted by Crippen LogP contribution is 2.58. The third-order valence-corrected chi connectivity index (χ3v) is 8.29. The maximum Gasteiger partial charge on any atom is 0.234 e. The van der Waals surface area contributed by atoms with Crippen LogP contribution in [0.4, 0.5) is 0 Å². The number of ether oxygens (including phenoxy) is 1. The van der Waals surface area contributed by atoms with Crippen molar-refractivity contribution in [3.8, 4) is 11.5 Å². The molecule has 4 amide bonds. The van der Waals surface area contributed by atoms with Gasteiger partial charge in [0.05, 0.1) is 30.8 Å². The van der Waals surface area contributed by atoms with Gasteiger partial charge in [0.25, 0.3) is 0 Å². The fraction of sp³-hybridized carbons (Fsp3) is 0.556. The van der Waals surface area contributed by atoms with Gasteiger partial charge in [-0.05, 0) is 49.3 Å². The first-order chi connectivity index (χ1) is 16.8. The van der Waals surface area contributed by atoms with Gasteiger partial charge in [-0.15, -0.1) is 0 Å². The summed E-state index contributed by atoms with van der Waals surface area (Å²) >= 11 is 0. The molecule has 1 aromatic rings. The molecule has 2 aliphatic heterocycles. The average Bonchev–Trinajstić information content (AvgIpc) is 3.23. The summed E-state index contributed by atoms with van der Waals surface area (Å²) in [5, 5.41) is 10.5. The van der Waals surface area contributed by atoms with Crippen LogP contribution in [0.5, 0.6) is 11.5 Å². The highest BCUT2D eigenvalue weighted by Gasteiger charge is 2.61. The zero-order chi connectivity index (χ0) is 25.0. The van der Waals surface area contributed by atoms with Gasteiger partial charge in [0.15, 0.2) is 11.5 Å². The van der Waals surface area contributed by atoms with E-state index < -0.39 is 29.6 Å². The first kappa shape index (κ1) is 23.6. The van der Waals surface area contributed by atoms with Crippen LogP contribution in [-0.4, -0.2) is 58.7 Å². The van der Waals surface area contributed by atoms with E-state index in [4.69, 9.17) is 4.74 Å². The number of fused-ring (bicyclic) bond motifs is 4. The normalized spacial score (nSPS) is 31.9. The van der Waals surface area contributed by atoms with E-state index in [2.05, 4.69) is 0 Å². The number of carbonyl (C=O) groups is 4. The van der Waals surface area contributed by atoms with Crippen LogP contribution in [0.1, 0.15) is 51.0 Å². The van der Waals surface area contributed by atoms with Gasteiger partial charge in [-0.1, -0.05) is 31.6 Å². The molecule has 1 aromatic carbocycles. The molecule has 35 heavy (non-hydrogen) atoms. The van der Waals surface area contributed by atoms with E-state index in [9.17, 15) is 24.3 Å². The number of amides is 4. The summed E-state index contributed by atoms with van der Waals surface area (Å²) in [4.78, 5) is 56.2. The lowest BCUT2D eigenvalue weighted by molar-refractivity contribution is -0.142. The fourth-order valence-corrected chi connectivity index (χ4v) is 6.88. The summed E-state index contributed by atoms with van der Waals surface area (Å²) in [5.41, 5.74) is 1.66. The van der Waals surface area contributed by atoms with E-state index in [1.165, 1.54) is 16.9 Å². The molecule has 4 aliphatic rings. The number of aromatic hydroxyl groups is 1. The predicted octanol–water partition coefficient (Wildman–Crippen LogP) is 2.86. The van der Waals surface area contributed by atoms with Gasteiger partial charge in [0, 0.05) is 19.0 Å². The van der Waals surface area contributed by atoms with Crippen LogP contribution in [0.2, 0.25) is 0 Å². The summed E-state index contributed by atoms with van der Waals surface area (Å²) in [5.74, 6) is -3.17. The molecule has 8 heteroatoms. The minimum Gasteiger partial charge on any atom is -0.504 e. The van der Waals surface area contributed by atoms with Crippen LogP contribution in [0, 0.1) is 29.6 Å². The first-order valence-corrected chi connectivity index (χ1v) is 12.6. The van der Waals surface area contributed by atoms with E-state index in [0.29, 0.717) is 44.5 Å². The summed E-state index contributed by atoms with van der Waals surface area (Å²) in [6.07, 6.45) is 4.22. The second-order valence-corrected chi connectivity index (χ2v) is 10.1. The smallest absolute Gasteiger partial charge is 0.234 e. The van der Waals surface area contributed by atoms with Crippen LogP contribution in [0.15, 0.2) is 29.8 Å². The van der Waals surface area contributed by atoms with Crippen molar-refractivity contribution in [2.45, 2.75) is 45.4 Å². The largest absolute Gasteiger partial charge is 0.504 e. The number of imide groups is 2. The molecule has 2 aliphatic carbocycles. The van der Waals surface area contributed by atoms with Gasteiger partial charge in [-0.3, -0.25) is 29.0 Å². The summed E-state index contributed by atoms with van der Waals surface area (Å²) in [6, 6.07) is 5.08. The molecule has 186 valence electrons. The van der Waals surface area contributed by atoms with E-state index in [-0.39, 0.29) is 35.3 Å². The molecule has 2 saturated heterocycles. The number of rotatable bonds is 6. The standard InChI is InChI=1S/C27H32N2O6/c1-4-10-28-24(31)16-8-7-15-17(22(16)26(28)33)13-18-23(27(34)29(11-5-2)25(18)32)21(15)14-6-9-20(35-3)19(30)12-14/h6-7,9,12,16-18,21-23,30H,4-5,8,10-11,13H2,1-3H3/t16-,17+,18+,21-,22-,23+/m0/s1. The van der Waals surface area contributed by atoms with Gasteiger partial charge in [-0.2, -0.15) is 0 Å². The number of hydrogen-bond donors (Lipinski definition) is 1. The third kappa shape index (κ3) is 3.40. The second-order valence-electron chi connectivity index (χ2n) is 10.1. The minimum absolute atomic E-state index is 0.0404. The summed E-state index contributed by atoms with van der Waals surface area (Å²) < 4.78 is 5.20. The molecular weight excluding hydrogens is 448 g/mol. The Bertz CT molecular complexity index is 1130. The maximum absolute atomic E-state index is 13.5. The van der Waals surface area contributed by atoms with Gasteiger partial charge < -0.3 is 9.84 Å². The molecule has 1 N–H and O–H groups in total. The molecule has 8 nitrogen and oxygen atoms in total. The molecule has 3 fully saturated rings. The lowest BCUT2D eigenvalue weighted by Crippen LogP contribution is -2.43. The molecule has 0 radical (unpaired) electrons. The van der Waals surface area contributed by atoms with Gasteiger partial charge in [0.2, 0.25) is 23.6 Å². The van der Waals surface area contributed by atoms with Crippen molar-refractivity contribution in [2.24, 2.45) is 29.6 Å². The number of hydrogen-bond acceptors (Lipinski definition) is 6. The molecule has 0 unspecified atom stereocenters. The van der Waals surface area contributed by atoms with Crippen LogP contribution < -0.4 is 4.74 Å². The Labute approximate surface area is 204 Å². The summed E-state index contributed by atoms with van der Waals surface area (Å²) in [7, 11) is 1.47. The topological polar surface area (TPSA) is 104 Å². The predicted molar refractivity (Wildman–Crippen MR) is 126 cm³/mol. The van der Waals surface area contributed by atoms with Crippen molar-refractivity contribution in [2.75, 3.05) is 20.2 Å². The monoisotopic (exact) mass is 480 g/mol. The molecule has 0 spiro atoms. The summed E-state index contributed by atoms with van der Waals surface area (Å²) in [6.45, 7) is 4.63. The molecule has 0 bridgehead atoms. The van der Waals surface area contributed by atoms with Crippen molar-refractivity contribution in [1.82, 2.24) is 9.80 Å². The number of likely N-dealkylation sites (tertiary alicyclic amines) is 2. The lowest BCUT2D eigenvalue weighted by atomic mass is 9.57. The Morgan fingerprint density at radius 2 is 1.51 bits per heavy atom. The van der Waals surface area contributed by atoms with Gasteiger partial charge >= 0.3 is 0 Å². The number of methoxy groups -OCH3 is 1. The van der Waals surface area contributed by atoms with Crippen LogP contribution in [0.25, 0.3) is 0 Å². The maximum atomic E-state index is 13.5. The van der Waals surface area contributed by atoms with Crippen LogP contribution in [0.3, 0.4) is 0 Å². The second kappa shape index (κ2) is 8.81. The average molecular weight is 481 g/mol. The molecule has 2 heterocycles. The number of phenols is 1. The lowest BCUT2D eigenvalue weighted by Gasteiger charge is -2.44. The Morgan fingerprint density at radius 3 is 2.11 bits per heavy atom. The first-order valence-electron chi connectivity index (χ1n) is 12.6. The van der Waals surface area contributed by atoms with E-state index in [1.807, 2.05) is 26.0 Å². The van der Waals surface area contributed by atoms with Crippen LogP contribution >= 0.6 is 0 Å². The number of allylic oxidation sites excluding steroid dienone is 2. The SMILES string of the molecule is CCCN1C(=O)[C@H]2[C@H](CC=C3[C@H]2C[C@H]2C(=O)N(CCC)C(=O)[C@H]2[C@H]3c2ccc(OC)c(O)c2)C1=O. The quantitative estimate of drug-likeness (QED) is 0.496. The zero-order valence-electron chi connectivity index (χ0n) is 20.4. The van der Waals surface area contributed by atoms with Crippen molar-refractivity contribution < 1.29 is 29.0 Å². The molecular formula is C27H32N2O6. The van der Waals surface area contributed by atoms with Crippen molar-refractivity contribution in [1.29, 1.82) is 0 Å². The molecule has 1 saturated carbocycles. The zero-order valence-corrected chi connectivity index (χ0v) is 20.4. The van der Waals surface area contributed by atoms with Crippen molar-refractivity contribution in [3.05, 3.63) is 35.4 Å². The Hall–Kier alpha value is -3.16. The fourth-order valence-electron chi connectivity index (χ4n) is 6.88. The van der Waals surface area contributed by atoms with Gasteiger partial charge in [0.1, 0.15) is 0 Å². The van der Waals surface area contributed by atoms with Crippen molar-refractivity contribution in [3.63, 3.8) is 0 Å². The van der Waals surface area contributed by atoms with E-state index in [0.717, 1.165) is 11.1 Å². The van der Waals surface area contributed by atoms with Gasteiger partial charge in [-0.25, -0.2) is 0 Å². The van der Waals surface area contributed by atoms with Crippen molar-refractivity contribution >= 4 is 23.6 Å². The number of nitrogens with zero attached hydrogens (tertiary/aromatic N) is 2.